The van der Waals surface area contributed by atoms with Gasteiger partial charge in [0.1, 0.15) is 0 Å². The van der Waals surface area contributed by atoms with Gasteiger partial charge >= 0.3 is 0 Å². The largest absolute Gasteiger partial charge is 0.423 e. The van der Waals surface area contributed by atoms with Crippen molar-refractivity contribution in [2.24, 2.45) is 5.92 Å². The number of hydrogen-bond donors (Lipinski definition) is 0. The second kappa shape index (κ2) is 6.69. The van der Waals surface area contributed by atoms with Gasteiger partial charge in [0.15, 0.2) is 0 Å². The molecule has 0 unspecified atom stereocenters. The van der Waals surface area contributed by atoms with Crippen molar-refractivity contribution >= 4 is 11.8 Å². The molecule has 0 aliphatic carbocycles. The standard InChI is InChI=1S/C14H22N4O3/c1-4-11-15-16-12(21-11)9-18(6-3)14(20)10-7-13(19)17(5-2)8-10/h10H,4-9H2,1-3H3/t10-/m0/s1. The second-order valence-electron chi connectivity index (χ2n) is 5.13. The van der Waals surface area contributed by atoms with Crippen molar-refractivity contribution in [2.45, 2.75) is 40.2 Å². The van der Waals surface area contributed by atoms with Crippen LogP contribution in [0.2, 0.25) is 0 Å². The molecule has 0 aromatic carbocycles. The van der Waals surface area contributed by atoms with Gasteiger partial charge in [-0.05, 0) is 13.8 Å². The topological polar surface area (TPSA) is 79.5 Å². The Labute approximate surface area is 124 Å². The van der Waals surface area contributed by atoms with E-state index >= 15 is 0 Å². The van der Waals surface area contributed by atoms with Crippen molar-refractivity contribution in [3.8, 4) is 0 Å². The summed E-state index contributed by atoms with van der Waals surface area (Å²) >= 11 is 0. The van der Waals surface area contributed by atoms with Crippen LogP contribution in [0.25, 0.3) is 0 Å². The third-order valence-electron chi connectivity index (χ3n) is 3.78. The Hall–Kier alpha value is -1.92. The molecule has 0 saturated carbocycles. The predicted molar refractivity (Wildman–Crippen MR) is 75.1 cm³/mol. The molecule has 7 heteroatoms. The lowest BCUT2D eigenvalue weighted by Gasteiger charge is -2.22. The Morgan fingerprint density at radius 3 is 2.57 bits per heavy atom. The smallest absolute Gasteiger partial charge is 0.235 e. The van der Waals surface area contributed by atoms with Gasteiger partial charge in [0, 0.05) is 32.5 Å². The third-order valence-corrected chi connectivity index (χ3v) is 3.78. The molecule has 1 fully saturated rings. The van der Waals surface area contributed by atoms with Gasteiger partial charge < -0.3 is 14.2 Å². The summed E-state index contributed by atoms with van der Waals surface area (Å²) in [7, 11) is 0. The highest BCUT2D eigenvalue weighted by molar-refractivity contribution is 5.89. The van der Waals surface area contributed by atoms with E-state index in [1.54, 1.807) is 9.80 Å². The molecule has 0 bridgehead atoms. The molecular formula is C14H22N4O3. The Morgan fingerprint density at radius 1 is 1.33 bits per heavy atom. The van der Waals surface area contributed by atoms with Crippen molar-refractivity contribution in [2.75, 3.05) is 19.6 Å². The highest BCUT2D eigenvalue weighted by Crippen LogP contribution is 2.20. The maximum atomic E-state index is 12.5. The first kappa shape index (κ1) is 15.5. The lowest BCUT2D eigenvalue weighted by molar-refractivity contribution is -0.136. The van der Waals surface area contributed by atoms with Gasteiger partial charge in [0.2, 0.25) is 23.6 Å². The number of amides is 2. The van der Waals surface area contributed by atoms with E-state index in [-0.39, 0.29) is 17.7 Å². The van der Waals surface area contributed by atoms with E-state index in [2.05, 4.69) is 10.2 Å². The van der Waals surface area contributed by atoms with Crippen LogP contribution in [0.5, 0.6) is 0 Å². The van der Waals surface area contributed by atoms with Crippen LogP contribution < -0.4 is 0 Å². The molecule has 7 nitrogen and oxygen atoms in total. The van der Waals surface area contributed by atoms with Crippen LogP contribution in [0.4, 0.5) is 0 Å². The normalized spacial score (nSPS) is 18.3. The summed E-state index contributed by atoms with van der Waals surface area (Å²) in [6.07, 6.45) is 0.975. The summed E-state index contributed by atoms with van der Waals surface area (Å²) in [6, 6.07) is 0. The zero-order valence-corrected chi connectivity index (χ0v) is 12.8. The van der Waals surface area contributed by atoms with Crippen LogP contribution in [0.15, 0.2) is 4.42 Å². The second-order valence-corrected chi connectivity index (χ2v) is 5.13. The Morgan fingerprint density at radius 2 is 2.05 bits per heavy atom. The molecule has 0 spiro atoms. The number of rotatable bonds is 6. The van der Waals surface area contributed by atoms with Crippen LogP contribution in [-0.2, 0) is 22.6 Å². The molecule has 1 atom stereocenters. The number of carbonyl (C=O) groups excluding carboxylic acids is 2. The lowest BCUT2D eigenvalue weighted by atomic mass is 10.1. The number of likely N-dealkylation sites (tertiary alicyclic amines) is 1. The molecule has 0 radical (unpaired) electrons. The van der Waals surface area contributed by atoms with E-state index in [0.717, 1.165) is 0 Å². The number of hydrogen-bond acceptors (Lipinski definition) is 5. The van der Waals surface area contributed by atoms with Crippen molar-refractivity contribution in [3.05, 3.63) is 11.8 Å². The fourth-order valence-corrected chi connectivity index (χ4v) is 2.51. The summed E-state index contributed by atoms with van der Waals surface area (Å²) in [4.78, 5) is 27.7. The third kappa shape index (κ3) is 3.40. The summed E-state index contributed by atoms with van der Waals surface area (Å²) < 4.78 is 5.45. The monoisotopic (exact) mass is 294 g/mol. The minimum Gasteiger partial charge on any atom is -0.423 e. The van der Waals surface area contributed by atoms with Crippen LogP contribution in [0.1, 0.15) is 39.0 Å². The summed E-state index contributed by atoms with van der Waals surface area (Å²) in [6.45, 7) is 7.78. The lowest BCUT2D eigenvalue weighted by Crippen LogP contribution is -2.37. The summed E-state index contributed by atoms with van der Waals surface area (Å²) in [5, 5.41) is 7.84. The predicted octanol–water partition coefficient (Wildman–Crippen LogP) is 0.849. The average molecular weight is 294 g/mol. The number of carbonyl (C=O) groups is 2. The quantitative estimate of drug-likeness (QED) is 0.777. The molecule has 0 N–H and O–H groups in total. The highest BCUT2D eigenvalue weighted by atomic mass is 16.4. The molecule has 116 valence electrons. The number of aryl methyl sites for hydroxylation is 1. The molecule has 1 aromatic rings. The van der Waals surface area contributed by atoms with Crippen LogP contribution in [0.3, 0.4) is 0 Å². The molecule has 21 heavy (non-hydrogen) atoms. The van der Waals surface area contributed by atoms with Gasteiger partial charge in [-0.1, -0.05) is 6.92 Å². The molecular weight excluding hydrogens is 272 g/mol. The Bertz CT molecular complexity index is 514. The maximum Gasteiger partial charge on any atom is 0.235 e. The molecule has 1 aliphatic rings. The fourth-order valence-electron chi connectivity index (χ4n) is 2.51. The Kier molecular flexibility index (Phi) is 4.93. The van der Waals surface area contributed by atoms with Crippen molar-refractivity contribution in [1.82, 2.24) is 20.0 Å². The van der Waals surface area contributed by atoms with E-state index < -0.39 is 0 Å². The first-order valence-electron chi connectivity index (χ1n) is 7.46. The van der Waals surface area contributed by atoms with Crippen molar-refractivity contribution in [3.63, 3.8) is 0 Å². The number of aromatic nitrogens is 2. The molecule has 2 heterocycles. The first-order chi connectivity index (χ1) is 10.1. The molecule has 1 aromatic heterocycles. The average Bonchev–Trinajstić information content (AvgIpc) is 3.10. The minimum absolute atomic E-state index is 0.0157. The van der Waals surface area contributed by atoms with E-state index in [0.29, 0.717) is 50.8 Å². The molecule has 2 amide bonds. The Balaban J connectivity index is 2.00. The van der Waals surface area contributed by atoms with Gasteiger partial charge in [-0.2, -0.15) is 0 Å². The molecule has 1 aliphatic heterocycles. The number of nitrogens with zero attached hydrogens (tertiary/aromatic N) is 4. The van der Waals surface area contributed by atoms with E-state index in [9.17, 15) is 9.59 Å². The van der Waals surface area contributed by atoms with Crippen LogP contribution in [0, 0.1) is 5.92 Å². The van der Waals surface area contributed by atoms with Gasteiger partial charge in [-0.3, -0.25) is 9.59 Å². The van der Waals surface area contributed by atoms with E-state index in [1.807, 2.05) is 20.8 Å². The molecule has 1 saturated heterocycles. The van der Waals surface area contributed by atoms with Crippen LogP contribution >= 0.6 is 0 Å². The fraction of sp³-hybridized carbons (Fsp3) is 0.714. The van der Waals surface area contributed by atoms with Gasteiger partial charge in [0.05, 0.1) is 12.5 Å². The zero-order chi connectivity index (χ0) is 15.4. The van der Waals surface area contributed by atoms with Crippen LogP contribution in [-0.4, -0.2) is 51.4 Å². The van der Waals surface area contributed by atoms with Gasteiger partial charge in [0.25, 0.3) is 0 Å². The SMILES string of the molecule is CCc1nnc(CN(CC)C(=O)[C@H]2CC(=O)N(CC)C2)o1. The van der Waals surface area contributed by atoms with Crippen molar-refractivity contribution in [1.29, 1.82) is 0 Å². The van der Waals surface area contributed by atoms with Gasteiger partial charge in [-0.15, -0.1) is 10.2 Å². The van der Waals surface area contributed by atoms with E-state index in [4.69, 9.17) is 4.42 Å². The van der Waals surface area contributed by atoms with E-state index in [1.165, 1.54) is 0 Å². The maximum absolute atomic E-state index is 12.5. The zero-order valence-electron chi connectivity index (χ0n) is 12.8. The minimum atomic E-state index is -0.258. The summed E-state index contributed by atoms with van der Waals surface area (Å²) in [5.41, 5.74) is 0. The first-order valence-corrected chi connectivity index (χ1v) is 7.46. The molecule has 2 rings (SSSR count). The van der Waals surface area contributed by atoms with Gasteiger partial charge in [-0.25, -0.2) is 0 Å². The van der Waals surface area contributed by atoms with Crippen molar-refractivity contribution < 1.29 is 14.0 Å². The summed E-state index contributed by atoms with van der Waals surface area (Å²) in [5.74, 6) is 0.794. The highest BCUT2D eigenvalue weighted by Gasteiger charge is 2.35.